The number of thioether (sulfide) groups is 1. The van der Waals surface area contributed by atoms with Crippen molar-refractivity contribution in [3.8, 4) is 5.75 Å². The molecule has 2 aromatic rings. The third-order valence-electron chi connectivity index (χ3n) is 3.75. The Balaban J connectivity index is 1.65. The SMILES string of the molecule is CCCOc1ccccc1NC(=O)CC1Sc2ccc(Cl)cc2NC1=O. The molecule has 0 aromatic heterocycles. The molecule has 136 valence electrons. The summed E-state index contributed by atoms with van der Waals surface area (Å²) in [6.45, 7) is 2.60. The van der Waals surface area contributed by atoms with E-state index in [1.807, 2.05) is 31.2 Å². The summed E-state index contributed by atoms with van der Waals surface area (Å²) in [5.41, 5.74) is 1.29. The zero-order chi connectivity index (χ0) is 18.5. The summed E-state index contributed by atoms with van der Waals surface area (Å²) < 4.78 is 5.64. The molecule has 0 bridgehead atoms. The summed E-state index contributed by atoms with van der Waals surface area (Å²) in [5, 5.41) is 5.72. The molecule has 5 nitrogen and oxygen atoms in total. The van der Waals surface area contributed by atoms with Gasteiger partial charge in [-0.2, -0.15) is 0 Å². The van der Waals surface area contributed by atoms with E-state index in [9.17, 15) is 9.59 Å². The van der Waals surface area contributed by atoms with E-state index >= 15 is 0 Å². The number of anilines is 2. The fourth-order valence-electron chi connectivity index (χ4n) is 2.53. The highest BCUT2D eigenvalue weighted by Crippen LogP contribution is 2.38. The summed E-state index contributed by atoms with van der Waals surface area (Å²) in [6.07, 6.45) is 0.950. The molecule has 0 saturated carbocycles. The van der Waals surface area contributed by atoms with Crippen LogP contribution in [0.2, 0.25) is 5.02 Å². The number of hydrogen-bond donors (Lipinski definition) is 2. The van der Waals surface area contributed by atoms with E-state index in [-0.39, 0.29) is 18.2 Å². The topological polar surface area (TPSA) is 67.4 Å². The minimum atomic E-state index is -0.493. The molecule has 2 amide bonds. The zero-order valence-electron chi connectivity index (χ0n) is 14.3. The van der Waals surface area contributed by atoms with E-state index in [1.54, 1.807) is 18.2 Å². The fourth-order valence-corrected chi connectivity index (χ4v) is 3.80. The maximum atomic E-state index is 12.4. The lowest BCUT2D eigenvalue weighted by molar-refractivity contribution is -0.120. The van der Waals surface area contributed by atoms with E-state index in [0.29, 0.717) is 28.8 Å². The molecule has 26 heavy (non-hydrogen) atoms. The number of para-hydroxylation sites is 2. The van der Waals surface area contributed by atoms with Crippen molar-refractivity contribution in [3.63, 3.8) is 0 Å². The second-order valence-electron chi connectivity index (χ2n) is 5.83. The van der Waals surface area contributed by atoms with Gasteiger partial charge in [0.25, 0.3) is 0 Å². The number of amides is 2. The summed E-state index contributed by atoms with van der Waals surface area (Å²) in [7, 11) is 0. The third-order valence-corrected chi connectivity index (χ3v) is 5.27. The van der Waals surface area contributed by atoms with E-state index in [2.05, 4.69) is 10.6 Å². The zero-order valence-corrected chi connectivity index (χ0v) is 15.8. The lowest BCUT2D eigenvalue weighted by Crippen LogP contribution is -2.32. The van der Waals surface area contributed by atoms with Gasteiger partial charge in [-0.3, -0.25) is 9.59 Å². The number of carbonyl (C=O) groups is 2. The van der Waals surface area contributed by atoms with Crippen LogP contribution in [0, 0.1) is 0 Å². The molecule has 2 aromatic carbocycles. The van der Waals surface area contributed by atoms with Crippen LogP contribution in [0.25, 0.3) is 0 Å². The smallest absolute Gasteiger partial charge is 0.238 e. The minimum absolute atomic E-state index is 0.0701. The molecule has 0 fully saturated rings. The number of carbonyl (C=O) groups excluding carboxylic acids is 2. The first-order chi connectivity index (χ1) is 12.6. The summed E-state index contributed by atoms with van der Waals surface area (Å²) in [5.74, 6) is 0.196. The van der Waals surface area contributed by atoms with Crippen molar-refractivity contribution in [1.29, 1.82) is 0 Å². The van der Waals surface area contributed by atoms with Gasteiger partial charge in [-0.25, -0.2) is 0 Å². The third kappa shape index (κ3) is 4.51. The second-order valence-corrected chi connectivity index (χ2v) is 7.51. The molecular formula is C19H19ClN2O3S. The Labute approximate surface area is 161 Å². The fraction of sp³-hybridized carbons (Fsp3) is 0.263. The quantitative estimate of drug-likeness (QED) is 0.758. The first kappa shape index (κ1) is 18.6. The van der Waals surface area contributed by atoms with Gasteiger partial charge >= 0.3 is 0 Å². The predicted molar refractivity (Wildman–Crippen MR) is 105 cm³/mol. The second kappa shape index (κ2) is 8.47. The highest BCUT2D eigenvalue weighted by molar-refractivity contribution is 8.01. The Morgan fingerprint density at radius 3 is 2.92 bits per heavy atom. The van der Waals surface area contributed by atoms with Crippen molar-refractivity contribution < 1.29 is 14.3 Å². The van der Waals surface area contributed by atoms with Gasteiger partial charge in [-0.05, 0) is 36.8 Å². The highest BCUT2D eigenvalue weighted by atomic mass is 35.5. The maximum Gasteiger partial charge on any atom is 0.238 e. The van der Waals surface area contributed by atoms with Crippen molar-refractivity contribution in [3.05, 3.63) is 47.5 Å². The molecule has 1 heterocycles. The van der Waals surface area contributed by atoms with Crippen LogP contribution in [-0.4, -0.2) is 23.7 Å². The summed E-state index contributed by atoms with van der Waals surface area (Å²) >= 11 is 7.32. The number of ether oxygens (including phenoxy) is 1. The number of halogens is 1. The van der Waals surface area contributed by atoms with Gasteiger partial charge in [0.2, 0.25) is 11.8 Å². The molecule has 1 aliphatic rings. The molecular weight excluding hydrogens is 372 g/mol. The molecule has 1 atom stereocenters. The van der Waals surface area contributed by atoms with Gasteiger partial charge in [0, 0.05) is 16.3 Å². The molecule has 0 radical (unpaired) electrons. The van der Waals surface area contributed by atoms with E-state index in [1.165, 1.54) is 11.8 Å². The lowest BCUT2D eigenvalue weighted by atomic mass is 10.2. The van der Waals surface area contributed by atoms with Gasteiger partial charge in [0.1, 0.15) is 5.75 Å². The lowest BCUT2D eigenvalue weighted by Gasteiger charge is -2.24. The van der Waals surface area contributed by atoms with Crippen LogP contribution in [0.5, 0.6) is 5.75 Å². The average molecular weight is 391 g/mol. The number of fused-ring (bicyclic) bond motifs is 1. The Hall–Kier alpha value is -2.18. The predicted octanol–water partition coefficient (Wildman–Crippen LogP) is 4.57. The van der Waals surface area contributed by atoms with Crippen molar-refractivity contribution in [1.82, 2.24) is 0 Å². The first-order valence-electron chi connectivity index (χ1n) is 8.35. The molecule has 7 heteroatoms. The van der Waals surface area contributed by atoms with Gasteiger partial charge in [0.15, 0.2) is 0 Å². The minimum Gasteiger partial charge on any atom is -0.491 e. The number of rotatable bonds is 6. The number of hydrogen-bond acceptors (Lipinski definition) is 4. The standard InChI is InChI=1S/C19H19ClN2O3S/c1-2-9-25-15-6-4-3-5-13(15)21-18(23)11-17-19(24)22-14-10-12(20)7-8-16(14)26-17/h3-8,10,17H,2,9,11H2,1H3,(H,21,23)(H,22,24). The van der Waals surface area contributed by atoms with Crippen LogP contribution in [0.15, 0.2) is 47.4 Å². The Morgan fingerprint density at radius 2 is 2.12 bits per heavy atom. The highest BCUT2D eigenvalue weighted by Gasteiger charge is 2.29. The Bertz CT molecular complexity index is 828. The molecule has 0 aliphatic carbocycles. The molecule has 1 aliphatic heterocycles. The number of nitrogens with one attached hydrogen (secondary N) is 2. The first-order valence-corrected chi connectivity index (χ1v) is 9.61. The molecule has 1 unspecified atom stereocenters. The number of benzene rings is 2. The Kier molecular flexibility index (Phi) is 6.06. The van der Waals surface area contributed by atoms with Gasteiger partial charge < -0.3 is 15.4 Å². The summed E-state index contributed by atoms with van der Waals surface area (Å²) in [6, 6.07) is 12.6. The normalized spacial score (nSPS) is 15.8. The van der Waals surface area contributed by atoms with Crippen molar-refractivity contribution in [2.75, 3.05) is 17.2 Å². The van der Waals surface area contributed by atoms with Crippen LogP contribution in [-0.2, 0) is 9.59 Å². The molecule has 0 saturated heterocycles. The monoisotopic (exact) mass is 390 g/mol. The van der Waals surface area contributed by atoms with Crippen molar-refractivity contribution >= 4 is 46.6 Å². The molecule has 0 spiro atoms. The van der Waals surface area contributed by atoms with Gasteiger partial charge in [0.05, 0.1) is 23.2 Å². The van der Waals surface area contributed by atoms with Crippen LogP contribution in [0.3, 0.4) is 0 Å². The summed E-state index contributed by atoms with van der Waals surface area (Å²) in [4.78, 5) is 25.6. The van der Waals surface area contributed by atoms with E-state index in [4.69, 9.17) is 16.3 Å². The maximum absolute atomic E-state index is 12.4. The van der Waals surface area contributed by atoms with E-state index < -0.39 is 5.25 Å². The average Bonchev–Trinajstić information content (AvgIpc) is 2.62. The van der Waals surface area contributed by atoms with Crippen LogP contribution in [0.4, 0.5) is 11.4 Å². The van der Waals surface area contributed by atoms with Crippen LogP contribution >= 0.6 is 23.4 Å². The van der Waals surface area contributed by atoms with Crippen LogP contribution in [0.1, 0.15) is 19.8 Å². The van der Waals surface area contributed by atoms with Crippen molar-refractivity contribution in [2.24, 2.45) is 0 Å². The molecule has 2 N–H and O–H groups in total. The van der Waals surface area contributed by atoms with E-state index in [0.717, 1.165) is 11.3 Å². The molecule has 3 rings (SSSR count). The van der Waals surface area contributed by atoms with Crippen LogP contribution < -0.4 is 15.4 Å². The van der Waals surface area contributed by atoms with Crippen molar-refractivity contribution in [2.45, 2.75) is 29.9 Å². The Morgan fingerprint density at radius 1 is 1.31 bits per heavy atom. The largest absolute Gasteiger partial charge is 0.491 e. The van der Waals surface area contributed by atoms with Gasteiger partial charge in [-0.15, -0.1) is 11.8 Å². The van der Waals surface area contributed by atoms with Gasteiger partial charge in [-0.1, -0.05) is 30.7 Å².